The largest absolute Gasteiger partial charge is 0.384 e. The number of nitrogens with one attached hydrogen (secondary N) is 1. The molecule has 4 nitrogen and oxygen atoms in total. The van der Waals surface area contributed by atoms with Crippen LogP contribution in [0.1, 0.15) is 28.8 Å². The first-order chi connectivity index (χ1) is 9.81. The molecule has 1 N–H and O–H groups in total. The number of carbonyl (C=O) groups excluding carboxylic acids is 1. The summed E-state index contributed by atoms with van der Waals surface area (Å²) in [5.41, 5.74) is 3.34. The number of carbonyl (C=O) groups is 1. The second-order valence-corrected chi connectivity index (χ2v) is 6.13. The summed E-state index contributed by atoms with van der Waals surface area (Å²) in [5.74, 6) is 0.214. The highest BCUT2D eigenvalue weighted by atomic mass is 16.2. The van der Waals surface area contributed by atoms with Crippen LogP contribution in [0, 0.1) is 0 Å². The summed E-state index contributed by atoms with van der Waals surface area (Å²) in [4.78, 5) is 17.3. The van der Waals surface area contributed by atoms with Crippen LogP contribution in [0.5, 0.6) is 0 Å². The van der Waals surface area contributed by atoms with E-state index in [-0.39, 0.29) is 5.91 Å². The van der Waals surface area contributed by atoms with E-state index in [0.29, 0.717) is 6.04 Å². The summed E-state index contributed by atoms with van der Waals surface area (Å²) >= 11 is 0. The van der Waals surface area contributed by atoms with Crippen LogP contribution in [0.2, 0.25) is 0 Å². The predicted molar refractivity (Wildman–Crippen MR) is 79.1 cm³/mol. The zero-order chi connectivity index (χ0) is 13.5. The standard InChI is InChI=1S/C16H21N3O/c20-16(13-3-4-15-12(10-13)5-6-17-15)19-9-8-18-7-1-2-14(18)11-19/h3-4,10,14,17H,1-2,5-9,11H2/t14-/m1/s1. The molecule has 2 saturated heterocycles. The number of benzene rings is 1. The summed E-state index contributed by atoms with van der Waals surface area (Å²) in [7, 11) is 0. The summed E-state index contributed by atoms with van der Waals surface area (Å²) in [6.07, 6.45) is 3.57. The highest BCUT2D eigenvalue weighted by Gasteiger charge is 2.32. The molecule has 1 aromatic rings. The lowest BCUT2D eigenvalue weighted by Crippen LogP contribution is -2.52. The third-order valence-electron chi connectivity index (χ3n) is 4.94. The van der Waals surface area contributed by atoms with Gasteiger partial charge in [0.2, 0.25) is 0 Å². The van der Waals surface area contributed by atoms with E-state index in [9.17, 15) is 4.79 Å². The minimum absolute atomic E-state index is 0.214. The maximum absolute atomic E-state index is 12.7. The minimum Gasteiger partial charge on any atom is -0.384 e. The summed E-state index contributed by atoms with van der Waals surface area (Å²) < 4.78 is 0. The van der Waals surface area contributed by atoms with Gasteiger partial charge >= 0.3 is 0 Å². The molecule has 3 aliphatic rings. The number of hydrogen-bond acceptors (Lipinski definition) is 3. The van der Waals surface area contributed by atoms with E-state index < -0.39 is 0 Å². The van der Waals surface area contributed by atoms with E-state index in [4.69, 9.17) is 0 Å². The van der Waals surface area contributed by atoms with Gasteiger partial charge in [0, 0.05) is 43.5 Å². The lowest BCUT2D eigenvalue weighted by molar-refractivity contribution is 0.0571. The van der Waals surface area contributed by atoms with E-state index in [0.717, 1.165) is 38.2 Å². The van der Waals surface area contributed by atoms with Crippen molar-refractivity contribution in [2.45, 2.75) is 25.3 Å². The van der Waals surface area contributed by atoms with Gasteiger partial charge < -0.3 is 10.2 Å². The fraction of sp³-hybridized carbons (Fsp3) is 0.562. The lowest BCUT2D eigenvalue weighted by Gasteiger charge is -2.37. The average molecular weight is 271 g/mol. The zero-order valence-electron chi connectivity index (χ0n) is 11.8. The maximum Gasteiger partial charge on any atom is 0.253 e. The van der Waals surface area contributed by atoms with Crippen molar-refractivity contribution in [1.29, 1.82) is 0 Å². The number of nitrogens with zero attached hydrogens (tertiary/aromatic N) is 2. The van der Waals surface area contributed by atoms with Crippen LogP contribution in [0.4, 0.5) is 5.69 Å². The third kappa shape index (κ3) is 1.99. The second kappa shape index (κ2) is 4.77. The Morgan fingerprint density at radius 2 is 2.20 bits per heavy atom. The molecule has 20 heavy (non-hydrogen) atoms. The minimum atomic E-state index is 0.214. The van der Waals surface area contributed by atoms with Gasteiger partial charge in [0.25, 0.3) is 5.91 Å². The number of fused-ring (bicyclic) bond motifs is 2. The summed E-state index contributed by atoms with van der Waals surface area (Å²) in [5, 5.41) is 3.34. The first-order valence-corrected chi connectivity index (χ1v) is 7.71. The SMILES string of the molecule is O=C(c1ccc2c(c1)CCN2)N1CCN2CCC[C@@H]2C1. The molecular weight excluding hydrogens is 250 g/mol. The van der Waals surface area contributed by atoms with Crippen LogP contribution in [0.3, 0.4) is 0 Å². The van der Waals surface area contributed by atoms with Crippen LogP contribution >= 0.6 is 0 Å². The number of piperazine rings is 1. The molecule has 3 heterocycles. The van der Waals surface area contributed by atoms with Crippen LogP contribution in [0.25, 0.3) is 0 Å². The van der Waals surface area contributed by atoms with Crippen molar-refractivity contribution in [2.24, 2.45) is 0 Å². The van der Waals surface area contributed by atoms with Gasteiger partial charge in [0.1, 0.15) is 0 Å². The van der Waals surface area contributed by atoms with Crippen LogP contribution < -0.4 is 5.32 Å². The second-order valence-electron chi connectivity index (χ2n) is 6.13. The van der Waals surface area contributed by atoms with E-state index in [1.807, 2.05) is 6.07 Å². The summed E-state index contributed by atoms with van der Waals surface area (Å²) in [6, 6.07) is 6.71. The molecule has 0 radical (unpaired) electrons. The first-order valence-electron chi connectivity index (χ1n) is 7.71. The van der Waals surface area contributed by atoms with E-state index in [1.54, 1.807) is 0 Å². The molecule has 0 unspecified atom stereocenters. The fourth-order valence-corrected chi connectivity index (χ4v) is 3.80. The summed E-state index contributed by atoms with van der Waals surface area (Å²) in [6.45, 7) is 5.05. The molecule has 106 valence electrons. The molecule has 0 spiro atoms. The average Bonchev–Trinajstić information content (AvgIpc) is 3.13. The van der Waals surface area contributed by atoms with Gasteiger partial charge in [0.15, 0.2) is 0 Å². The topological polar surface area (TPSA) is 35.6 Å². The third-order valence-corrected chi connectivity index (χ3v) is 4.94. The van der Waals surface area contributed by atoms with E-state index in [1.165, 1.54) is 30.6 Å². The highest BCUT2D eigenvalue weighted by Crippen LogP contribution is 2.26. The number of rotatable bonds is 1. The molecule has 0 bridgehead atoms. The predicted octanol–water partition coefficient (Wildman–Crippen LogP) is 1.57. The molecule has 2 fully saturated rings. The van der Waals surface area contributed by atoms with Crippen molar-refractivity contribution in [1.82, 2.24) is 9.80 Å². The van der Waals surface area contributed by atoms with Gasteiger partial charge in [-0.05, 0) is 49.6 Å². The van der Waals surface area contributed by atoms with Gasteiger partial charge in [-0.3, -0.25) is 9.69 Å². The Labute approximate surface area is 119 Å². The number of hydrogen-bond donors (Lipinski definition) is 1. The quantitative estimate of drug-likeness (QED) is 0.842. The van der Waals surface area contributed by atoms with Crippen LogP contribution in [-0.4, -0.2) is 54.5 Å². The van der Waals surface area contributed by atoms with Gasteiger partial charge in [-0.1, -0.05) is 0 Å². The van der Waals surface area contributed by atoms with Crippen LogP contribution in [0.15, 0.2) is 18.2 Å². The Hall–Kier alpha value is -1.55. The molecule has 4 heteroatoms. The fourth-order valence-electron chi connectivity index (χ4n) is 3.80. The Bertz CT molecular complexity index is 543. The molecule has 0 aromatic heterocycles. The molecule has 1 amide bonds. The van der Waals surface area contributed by atoms with Crippen LogP contribution in [-0.2, 0) is 6.42 Å². The maximum atomic E-state index is 12.7. The number of anilines is 1. The monoisotopic (exact) mass is 271 g/mol. The normalized spacial score (nSPS) is 25.2. The Morgan fingerprint density at radius 3 is 3.15 bits per heavy atom. The Kier molecular flexibility index (Phi) is 2.91. The van der Waals surface area contributed by atoms with Crippen molar-refractivity contribution in [3.63, 3.8) is 0 Å². The highest BCUT2D eigenvalue weighted by molar-refractivity contribution is 5.95. The molecule has 0 saturated carbocycles. The smallest absolute Gasteiger partial charge is 0.253 e. The van der Waals surface area contributed by atoms with Crippen molar-refractivity contribution in [3.05, 3.63) is 29.3 Å². The van der Waals surface area contributed by atoms with Gasteiger partial charge in [-0.15, -0.1) is 0 Å². The van der Waals surface area contributed by atoms with E-state index >= 15 is 0 Å². The zero-order valence-corrected chi connectivity index (χ0v) is 11.8. The van der Waals surface area contributed by atoms with Crippen molar-refractivity contribution < 1.29 is 4.79 Å². The molecule has 4 rings (SSSR count). The Morgan fingerprint density at radius 1 is 1.25 bits per heavy atom. The molecule has 0 aliphatic carbocycles. The lowest BCUT2D eigenvalue weighted by atomic mass is 10.1. The van der Waals surface area contributed by atoms with Gasteiger partial charge in [-0.2, -0.15) is 0 Å². The molecular formula is C16H21N3O. The molecule has 1 atom stereocenters. The Balaban J connectivity index is 1.52. The van der Waals surface area contributed by atoms with Crippen molar-refractivity contribution >= 4 is 11.6 Å². The van der Waals surface area contributed by atoms with Crippen molar-refractivity contribution in [3.8, 4) is 0 Å². The van der Waals surface area contributed by atoms with Gasteiger partial charge in [-0.25, -0.2) is 0 Å². The van der Waals surface area contributed by atoms with E-state index in [2.05, 4.69) is 27.2 Å². The van der Waals surface area contributed by atoms with Crippen molar-refractivity contribution in [2.75, 3.05) is 38.0 Å². The molecule has 3 aliphatic heterocycles. The van der Waals surface area contributed by atoms with Gasteiger partial charge in [0.05, 0.1) is 0 Å². The molecule has 1 aromatic carbocycles. The number of amides is 1. The first kappa shape index (κ1) is 12.2.